The van der Waals surface area contributed by atoms with Crippen LogP contribution in [0.5, 0.6) is 5.75 Å². The first-order valence-corrected chi connectivity index (χ1v) is 3.90. The largest absolute Gasteiger partial charge is 0.508 e. The number of rotatable bonds is 1. The lowest BCUT2D eigenvalue weighted by Crippen LogP contribution is -1.79. The van der Waals surface area contributed by atoms with Crippen LogP contribution in [0.15, 0.2) is 16.5 Å². The van der Waals surface area contributed by atoms with Gasteiger partial charge in [-0.15, -0.1) is 0 Å². The van der Waals surface area contributed by atoms with Crippen molar-refractivity contribution in [3.63, 3.8) is 0 Å². The van der Waals surface area contributed by atoms with Crippen LogP contribution in [0.4, 0.5) is 0 Å². The first-order valence-electron chi connectivity index (χ1n) is 3.90. The van der Waals surface area contributed by atoms with Gasteiger partial charge in [0.15, 0.2) is 5.58 Å². The zero-order valence-electron chi connectivity index (χ0n) is 7.11. The Labute approximate surface area is 74.4 Å². The standard InChI is InChI=1S/C9H9NO3/c1-5-2-8-6(3-7(5)12)10-9(4-11)13-8/h2-3,11-12H,4H2,1H3. The molecule has 0 atom stereocenters. The summed E-state index contributed by atoms with van der Waals surface area (Å²) in [5.41, 5.74) is 1.87. The molecule has 0 bridgehead atoms. The molecule has 2 aromatic rings. The summed E-state index contributed by atoms with van der Waals surface area (Å²) in [4.78, 5) is 3.96. The Morgan fingerprint density at radius 1 is 1.46 bits per heavy atom. The number of aromatic nitrogens is 1. The van der Waals surface area contributed by atoms with Crippen molar-refractivity contribution in [2.24, 2.45) is 0 Å². The minimum Gasteiger partial charge on any atom is -0.508 e. The molecule has 0 saturated heterocycles. The third-order valence-electron chi connectivity index (χ3n) is 1.89. The summed E-state index contributed by atoms with van der Waals surface area (Å²) in [6.07, 6.45) is 0. The fourth-order valence-electron chi connectivity index (χ4n) is 1.18. The van der Waals surface area contributed by atoms with E-state index >= 15 is 0 Å². The summed E-state index contributed by atoms with van der Waals surface area (Å²) in [6, 6.07) is 3.21. The van der Waals surface area contributed by atoms with Crippen LogP contribution in [-0.2, 0) is 6.61 Å². The number of aliphatic hydroxyl groups is 1. The van der Waals surface area contributed by atoms with E-state index in [0.717, 1.165) is 5.56 Å². The average Bonchev–Trinajstić information content (AvgIpc) is 2.48. The quantitative estimate of drug-likeness (QED) is 0.693. The number of fused-ring (bicyclic) bond motifs is 1. The minimum atomic E-state index is -0.228. The van der Waals surface area contributed by atoms with Crippen molar-refractivity contribution in [3.05, 3.63) is 23.6 Å². The van der Waals surface area contributed by atoms with Crippen LogP contribution < -0.4 is 0 Å². The molecule has 0 aliphatic heterocycles. The molecule has 0 amide bonds. The molecule has 0 fully saturated rings. The summed E-state index contributed by atoms with van der Waals surface area (Å²) < 4.78 is 5.18. The molecule has 1 aromatic heterocycles. The maximum absolute atomic E-state index is 9.36. The van der Waals surface area contributed by atoms with Gasteiger partial charge in [-0.1, -0.05) is 0 Å². The number of benzene rings is 1. The van der Waals surface area contributed by atoms with Crippen molar-refractivity contribution in [3.8, 4) is 5.75 Å². The van der Waals surface area contributed by atoms with Crippen LogP contribution in [0, 0.1) is 6.92 Å². The highest BCUT2D eigenvalue weighted by molar-refractivity contribution is 5.75. The second-order valence-corrected chi connectivity index (χ2v) is 2.87. The molecule has 1 aromatic carbocycles. The molecule has 0 aliphatic carbocycles. The van der Waals surface area contributed by atoms with Gasteiger partial charge in [0, 0.05) is 6.07 Å². The van der Waals surface area contributed by atoms with Gasteiger partial charge >= 0.3 is 0 Å². The van der Waals surface area contributed by atoms with Crippen molar-refractivity contribution < 1.29 is 14.6 Å². The number of hydrogen-bond acceptors (Lipinski definition) is 4. The third kappa shape index (κ3) is 1.25. The molecule has 0 unspecified atom stereocenters. The summed E-state index contributed by atoms with van der Waals surface area (Å²) >= 11 is 0. The van der Waals surface area contributed by atoms with Crippen LogP contribution in [0.3, 0.4) is 0 Å². The first-order chi connectivity index (χ1) is 6.20. The lowest BCUT2D eigenvalue weighted by molar-refractivity contribution is 0.244. The molecule has 0 aliphatic rings. The molecule has 2 N–H and O–H groups in total. The molecule has 2 rings (SSSR count). The van der Waals surface area contributed by atoms with Crippen molar-refractivity contribution in [2.75, 3.05) is 0 Å². The van der Waals surface area contributed by atoms with Gasteiger partial charge in [0.05, 0.1) is 0 Å². The molecule has 68 valence electrons. The zero-order chi connectivity index (χ0) is 9.42. The molecule has 0 spiro atoms. The normalized spacial score (nSPS) is 10.9. The van der Waals surface area contributed by atoms with Crippen LogP contribution >= 0.6 is 0 Å². The number of aromatic hydroxyl groups is 1. The van der Waals surface area contributed by atoms with E-state index in [2.05, 4.69) is 4.98 Å². The van der Waals surface area contributed by atoms with E-state index in [1.165, 1.54) is 6.07 Å². The molecule has 0 saturated carbocycles. The maximum Gasteiger partial charge on any atom is 0.221 e. The molecular weight excluding hydrogens is 170 g/mol. The van der Waals surface area contributed by atoms with Crippen molar-refractivity contribution in [1.82, 2.24) is 4.98 Å². The van der Waals surface area contributed by atoms with E-state index in [0.29, 0.717) is 11.1 Å². The van der Waals surface area contributed by atoms with Gasteiger partial charge in [-0.3, -0.25) is 0 Å². The average molecular weight is 179 g/mol. The van der Waals surface area contributed by atoms with Gasteiger partial charge in [0.25, 0.3) is 0 Å². The molecule has 4 nitrogen and oxygen atoms in total. The zero-order valence-corrected chi connectivity index (χ0v) is 7.11. The Kier molecular flexibility index (Phi) is 1.70. The van der Waals surface area contributed by atoms with E-state index in [-0.39, 0.29) is 18.2 Å². The number of aliphatic hydroxyl groups excluding tert-OH is 1. The van der Waals surface area contributed by atoms with Crippen molar-refractivity contribution in [2.45, 2.75) is 13.5 Å². The predicted molar refractivity (Wildman–Crippen MR) is 46.3 cm³/mol. The van der Waals surface area contributed by atoms with Gasteiger partial charge in [-0.05, 0) is 18.6 Å². The Hall–Kier alpha value is -1.55. The number of hydrogen-bond donors (Lipinski definition) is 2. The summed E-state index contributed by atoms with van der Waals surface area (Å²) in [5, 5.41) is 18.1. The van der Waals surface area contributed by atoms with Crippen LogP contribution in [-0.4, -0.2) is 15.2 Å². The van der Waals surface area contributed by atoms with E-state index in [1.807, 2.05) is 0 Å². The Balaban J connectivity index is 2.70. The Morgan fingerprint density at radius 2 is 2.23 bits per heavy atom. The number of aryl methyl sites for hydroxylation is 1. The maximum atomic E-state index is 9.36. The van der Waals surface area contributed by atoms with E-state index in [4.69, 9.17) is 9.52 Å². The monoisotopic (exact) mass is 179 g/mol. The van der Waals surface area contributed by atoms with Gasteiger partial charge in [-0.25, -0.2) is 4.98 Å². The Bertz CT molecular complexity index is 408. The number of nitrogens with zero attached hydrogens (tertiary/aromatic N) is 1. The van der Waals surface area contributed by atoms with Gasteiger partial charge < -0.3 is 14.6 Å². The van der Waals surface area contributed by atoms with E-state index in [9.17, 15) is 5.11 Å². The molecule has 0 radical (unpaired) electrons. The predicted octanol–water partition coefficient (Wildman–Crippen LogP) is 1.33. The summed E-state index contributed by atoms with van der Waals surface area (Å²) in [6.45, 7) is 1.55. The lowest BCUT2D eigenvalue weighted by Gasteiger charge is -1.94. The fraction of sp³-hybridized carbons (Fsp3) is 0.222. The minimum absolute atomic E-state index is 0.185. The molecule has 13 heavy (non-hydrogen) atoms. The molecule has 1 heterocycles. The second kappa shape index (κ2) is 2.74. The number of oxazole rings is 1. The highest BCUT2D eigenvalue weighted by atomic mass is 16.4. The van der Waals surface area contributed by atoms with Gasteiger partial charge in [0.2, 0.25) is 5.89 Å². The molecule has 4 heteroatoms. The van der Waals surface area contributed by atoms with Crippen molar-refractivity contribution >= 4 is 11.1 Å². The summed E-state index contributed by atoms with van der Waals surface area (Å²) in [5.74, 6) is 0.449. The van der Waals surface area contributed by atoms with Crippen LogP contribution in [0.2, 0.25) is 0 Å². The Morgan fingerprint density at radius 3 is 2.92 bits per heavy atom. The van der Waals surface area contributed by atoms with E-state index in [1.54, 1.807) is 13.0 Å². The number of phenolic OH excluding ortho intramolecular Hbond substituents is 1. The topological polar surface area (TPSA) is 66.5 Å². The number of phenols is 1. The summed E-state index contributed by atoms with van der Waals surface area (Å²) in [7, 11) is 0. The van der Waals surface area contributed by atoms with Gasteiger partial charge in [0.1, 0.15) is 17.9 Å². The van der Waals surface area contributed by atoms with Gasteiger partial charge in [-0.2, -0.15) is 0 Å². The second-order valence-electron chi connectivity index (χ2n) is 2.87. The SMILES string of the molecule is Cc1cc2oc(CO)nc2cc1O. The highest BCUT2D eigenvalue weighted by Crippen LogP contribution is 2.24. The molecular formula is C9H9NO3. The smallest absolute Gasteiger partial charge is 0.221 e. The van der Waals surface area contributed by atoms with E-state index < -0.39 is 0 Å². The van der Waals surface area contributed by atoms with Crippen LogP contribution in [0.25, 0.3) is 11.1 Å². The first kappa shape index (κ1) is 8.07. The fourth-order valence-corrected chi connectivity index (χ4v) is 1.18. The van der Waals surface area contributed by atoms with Crippen molar-refractivity contribution in [1.29, 1.82) is 0 Å². The van der Waals surface area contributed by atoms with Crippen LogP contribution in [0.1, 0.15) is 11.5 Å². The highest BCUT2D eigenvalue weighted by Gasteiger charge is 2.06. The third-order valence-corrected chi connectivity index (χ3v) is 1.89. The lowest BCUT2D eigenvalue weighted by atomic mass is 10.2.